The van der Waals surface area contributed by atoms with Crippen LogP contribution in [0.1, 0.15) is 53.9 Å². The highest BCUT2D eigenvalue weighted by Crippen LogP contribution is 2.28. The Morgan fingerprint density at radius 1 is 1.22 bits per heavy atom. The summed E-state index contributed by atoms with van der Waals surface area (Å²) in [5, 5.41) is 10.0. The topological polar surface area (TPSA) is 93.1 Å². The summed E-state index contributed by atoms with van der Waals surface area (Å²) in [6.45, 7) is 8.79. The molecular formula is C15H29NO6S. The molecule has 0 aromatic carbocycles. The van der Waals surface area contributed by atoms with Crippen LogP contribution < -0.4 is 0 Å². The van der Waals surface area contributed by atoms with E-state index in [9.17, 15) is 18.3 Å². The van der Waals surface area contributed by atoms with Gasteiger partial charge in [-0.2, -0.15) is 8.42 Å². The van der Waals surface area contributed by atoms with Crippen LogP contribution in [0.4, 0.5) is 4.79 Å². The molecule has 1 saturated heterocycles. The average molecular weight is 351 g/mol. The summed E-state index contributed by atoms with van der Waals surface area (Å²) in [6, 6.07) is -0.218. The van der Waals surface area contributed by atoms with Crippen molar-refractivity contribution >= 4 is 16.2 Å². The second kappa shape index (κ2) is 6.94. The number of carbonyl (C=O) groups is 1. The fourth-order valence-electron chi connectivity index (χ4n) is 2.65. The van der Waals surface area contributed by atoms with E-state index in [0.29, 0.717) is 19.3 Å². The van der Waals surface area contributed by atoms with Gasteiger partial charge in [-0.05, 0) is 53.9 Å². The van der Waals surface area contributed by atoms with Crippen molar-refractivity contribution in [2.75, 3.05) is 12.8 Å². The second-order valence-corrected chi connectivity index (χ2v) is 9.40. The molecule has 1 aliphatic rings. The third-order valence-electron chi connectivity index (χ3n) is 3.34. The minimum atomic E-state index is -3.59. The Labute approximate surface area is 139 Å². The van der Waals surface area contributed by atoms with Gasteiger partial charge in [-0.25, -0.2) is 4.79 Å². The molecule has 8 heteroatoms. The first-order valence-corrected chi connectivity index (χ1v) is 9.58. The summed E-state index contributed by atoms with van der Waals surface area (Å²) in [5.74, 6) is 0. The third-order valence-corrected chi connectivity index (χ3v) is 3.96. The normalized spacial score (nSPS) is 23.7. The zero-order valence-corrected chi connectivity index (χ0v) is 15.6. The van der Waals surface area contributed by atoms with Crippen LogP contribution in [0.25, 0.3) is 0 Å². The molecule has 0 bridgehead atoms. The van der Waals surface area contributed by atoms with Crippen molar-refractivity contribution in [3.8, 4) is 0 Å². The molecule has 1 heterocycles. The van der Waals surface area contributed by atoms with Crippen molar-refractivity contribution in [1.29, 1.82) is 0 Å². The van der Waals surface area contributed by atoms with Gasteiger partial charge < -0.3 is 14.7 Å². The van der Waals surface area contributed by atoms with Crippen LogP contribution in [0.2, 0.25) is 0 Å². The van der Waals surface area contributed by atoms with Gasteiger partial charge in [0.15, 0.2) is 0 Å². The first kappa shape index (κ1) is 20.2. The largest absolute Gasteiger partial charge is 0.444 e. The van der Waals surface area contributed by atoms with E-state index in [0.717, 1.165) is 6.26 Å². The lowest BCUT2D eigenvalue weighted by Gasteiger charge is -2.41. The third kappa shape index (κ3) is 7.99. The second-order valence-electron chi connectivity index (χ2n) is 7.80. The number of hydrogen-bond donors (Lipinski definition) is 1. The Balaban J connectivity index is 2.89. The molecule has 0 unspecified atom stereocenters. The fourth-order valence-corrected chi connectivity index (χ4v) is 3.30. The molecular weight excluding hydrogens is 322 g/mol. The quantitative estimate of drug-likeness (QED) is 0.778. The number of piperidine rings is 1. The highest BCUT2D eigenvalue weighted by atomic mass is 32.2. The lowest BCUT2D eigenvalue weighted by Crippen LogP contribution is -2.53. The van der Waals surface area contributed by atoms with E-state index in [1.165, 1.54) is 4.90 Å². The molecule has 0 aromatic heterocycles. The maximum atomic E-state index is 12.4. The van der Waals surface area contributed by atoms with E-state index in [2.05, 4.69) is 0 Å². The molecule has 7 nitrogen and oxygen atoms in total. The summed E-state index contributed by atoms with van der Waals surface area (Å²) in [7, 11) is -3.59. The van der Waals surface area contributed by atoms with Gasteiger partial charge in [0.1, 0.15) is 5.60 Å². The van der Waals surface area contributed by atoms with Gasteiger partial charge in [-0.15, -0.1) is 0 Å². The summed E-state index contributed by atoms with van der Waals surface area (Å²) < 4.78 is 33.1. The smallest absolute Gasteiger partial charge is 0.410 e. The van der Waals surface area contributed by atoms with Gasteiger partial charge in [-0.3, -0.25) is 4.18 Å². The number of aliphatic hydroxyl groups is 1. The molecule has 23 heavy (non-hydrogen) atoms. The van der Waals surface area contributed by atoms with Crippen LogP contribution in [0.3, 0.4) is 0 Å². The number of amides is 1. The monoisotopic (exact) mass is 351 g/mol. The van der Waals surface area contributed by atoms with Crippen LogP contribution in [-0.4, -0.2) is 60.7 Å². The lowest BCUT2D eigenvalue weighted by atomic mass is 9.91. The summed E-state index contributed by atoms with van der Waals surface area (Å²) >= 11 is 0. The molecule has 0 aromatic rings. The highest BCUT2D eigenvalue weighted by molar-refractivity contribution is 7.86. The Kier molecular flexibility index (Phi) is 6.09. The molecule has 0 radical (unpaired) electrons. The molecule has 0 aliphatic carbocycles. The van der Waals surface area contributed by atoms with E-state index in [-0.39, 0.29) is 12.6 Å². The minimum Gasteiger partial charge on any atom is -0.444 e. The standard InChI is InChI=1S/C15H29NO6S/c1-14(2,3)21-13(17)16-10-12(22-23(6,19)20)8-7-11(16)9-15(4,5)18/h11-12,18H,7-10H2,1-6H3/t11-,12+/m1/s1. The van der Waals surface area contributed by atoms with Gasteiger partial charge in [0.25, 0.3) is 10.1 Å². The average Bonchev–Trinajstić information content (AvgIpc) is 2.24. The van der Waals surface area contributed by atoms with E-state index in [1.54, 1.807) is 34.6 Å². The van der Waals surface area contributed by atoms with E-state index in [1.807, 2.05) is 0 Å². The van der Waals surface area contributed by atoms with Gasteiger partial charge in [0, 0.05) is 6.04 Å². The molecule has 136 valence electrons. The number of nitrogens with zero attached hydrogens (tertiary/aromatic N) is 1. The Morgan fingerprint density at radius 3 is 2.22 bits per heavy atom. The maximum absolute atomic E-state index is 12.4. The van der Waals surface area contributed by atoms with Crippen LogP contribution in [0.15, 0.2) is 0 Å². The van der Waals surface area contributed by atoms with Crippen LogP contribution in [0, 0.1) is 0 Å². The molecule has 1 N–H and O–H groups in total. The molecule has 0 spiro atoms. The Morgan fingerprint density at radius 2 is 1.78 bits per heavy atom. The molecule has 1 fully saturated rings. The van der Waals surface area contributed by atoms with Crippen LogP contribution in [-0.2, 0) is 19.0 Å². The van der Waals surface area contributed by atoms with E-state index in [4.69, 9.17) is 8.92 Å². The number of rotatable bonds is 4. The van der Waals surface area contributed by atoms with Crippen molar-refractivity contribution < 1.29 is 27.2 Å². The molecule has 1 amide bonds. The van der Waals surface area contributed by atoms with Crippen molar-refractivity contribution in [3.63, 3.8) is 0 Å². The number of likely N-dealkylation sites (tertiary alicyclic amines) is 1. The molecule has 0 saturated carbocycles. The SMILES string of the molecule is CC(C)(O)C[C@H]1CC[C@H](OS(C)(=O)=O)CN1C(=O)OC(C)(C)C. The summed E-state index contributed by atoms with van der Waals surface area (Å²) in [5.41, 5.74) is -1.59. The highest BCUT2D eigenvalue weighted by Gasteiger charge is 2.38. The summed E-state index contributed by atoms with van der Waals surface area (Å²) in [4.78, 5) is 13.9. The zero-order valence-electron chi connectivity index (χ0n) is 14.8. The Hall–Kier alpha value is -0.860. The van der Waals surface area contributed by atoms with Crippen LogP contribution >= 0.6 is 0 Å². The van der Waals surface area contributed by atoms with E-state index < -0.39 is 33.5 Å². The number of ether oxygens (including phenoxy) is 1. The van der Waals surface area contributed by atoms with Crippen LogP contribution in [0.5, 0.6) is 0 Å². The van der Waals surface area contributed by atoms with Gasteiger partial charge in [0.05, 0.1) is 24.5 Å². The van der Waals surface area contributed by atoms with Crippen molar-refractivity contribution in [1.82, 2.24) is 4.90 Å². The first-order chi connectivity index (χ1) is 10.2. The number of hydrogen-bond acceptors (Lipinski definition) is 6. The first-order valence-electron chi connectivity index (χ1n) is 7.76. The molecule has 2 atom stereocenters. The molecule has 1 rings (SSSR count). The zero-order chi connectivity index (χ0) is 18.1. The predicted octanol–water partition coefficient (Wildman–Crippen LogP) is 1.89. The lowest BCUT2D eigenvalue weighted by molar-refractivity contribution is -0.0270. The fraction of sp³-hybridized carbons (Fsp3) is 0.933. The van der Waals surface area contributed by atoms with Crippen molar-refractivity contribution in [2.24, 2.45) is 0 Å². The van der Waals surface area contributed by atoms with Gasteiger partial charge >= 0.3 is 6.09 Å². The van der Waals surface area contributed by atoms with Crippen molar-refractivity contribution in [2.45, 2.75) is 77.2 Å². The predicted molar refractivity (Wildman–Crippen MR) is 86.6 cm³/mol. The van der Waals surface area contributed by atoms with Crippen molar-refractivity contribution in [3.05, 3.63) is 0 Å². The number of carbonyl (C=O) groups excluding carboxylic acids is 1. The Bertz CT molecular complexity index is 517. The molecule has 1 aliphatic heterocycles. The van der Waals surface area contributed by atoms with E-state index >= 15 is 0 Å². The maximum Gasteiger partial charge on any atom is 0.410 e. The van der Waals surface area contributed by atoms with Gasteiger partial charge in [-0.1, -0.05) is 0 Å². The minimum absolute atomic E-state index is 0.128. The summed E-state index contributed by atoms with van der Waals surface area (Å²) in [6.07, 6.45) is 1.33. The van der Waals surface area contributed by atoms with Gasteiger partial charge in [0.2, 0.25) is 0 Å².